The quantitative estimate of drug-likeness (QED) is 0.764. The van der Waals surface area contributed by atoms with Gasteiger partial charge in [-0.1, -0.05) is 12.8 Å². The summed E-state index contributed by atoms with van der Waals surface area (Å²) in [5.41, 5.74) is 0. The first kappa shape index (κ1) is 15.7. The lowest BCUT2D eigenvalue weighted by Crippen LogP contribution is -2.66. The van der Waals surface area contributed by atoms with E-state index in [0.29, 0.717) is 13.1 Å². The predicted molar refractivity (Wildman–Crippen MR) is 84.4 cm³/mol. The van der Waals surface area contributed by atoms with E-state index in [1.807, 2.05) is 0 Å². The van der Waals surface area contributed by atoms with Crippen molar-refractivity contribution in [3.05, 3.63) is 0 Å². The fourth-order valence-electron chi connectivity index (χ4n) is 3.73. The van der Waals surface area contributed by atoms with Crippen LogP contribution in [0.4, 0.5) is 0 Å². The van der Waals surface area contributed by atoms with Crippen molar-refractivity contribution in [3.63, 3.8) is 0 Å². The Labute approximate surface area is 132 Å². The highest BCUT2D eigenvalue weighted by Crippen LogP contribution is 2.12. The van der Waals surface area contributed by atoms with Gasteiger partial charge in [-0.25, -0.2) is 0 Å². The van der Waals surface area contributed by atoms with E-state index in [2.05, 4.69) is 20.4 Å². The van der Waals surface area contributed by atoms with Gasteiger partial charge in [0.15, 0.2) is 0 Å². The minimum atomic E-state index is -0.386. The Morgan fingerprint density at radius 1 is 0.682 bits per heavy atom. The average molecular weight is 308 g/mol. The van der Waals surface area contributed by atoms with Crippen molar-refractivity contribution in [3.8, 4) is 0 Å². The van der Waals surface area contributed by atoms with Gasteiger partial charge in [0.25, 0.3) is 0 Å². The summed E-state index contributed by atoms with van der Waals surface area (Å²) in [6.45, 7) is 5.45. The summed E-state index contributed by atoms with van der Waals surface area (Å²) in [6, 6.07) is -0.772. The zero-order chi connectivity index (χ0) is 15.4. The molecule has 0 spiro atoms. The monoisotopic (exact) mass is 308 g/mol. The summed E-state index contributed by atoms with van der Waals surface area (Å²) in [5, 5.41) is 5.87. The Hall–Kier alpha value is -1.14. The van der Waals surface area contributed by atoms with Gasteiger partial charge in [-0.2, -0.15) is 0 Å². The number of nitrogens with one attached hydrogen (secondary N) is 2. The molecule has 3 fully saturated rings. The van der Waals surface area contributed by atoms with E-state index in [-0.39, 0.29) is 23.9 Å². The lowest BCUT2D eigenvalue weighted by molar-refractivity contribution is -0.137. The Bertz CT molecular complexity index is 365. The van der Waals surface area contributed by atoms with Gasteiger partial charge in [-0.3, -0.25) is 9.59 Å². The zero-order valence-corrected chi connectivity index (χ0v) is 13.4. The van der Waals surface area contributed by atoms with Crippen LogP contribution in [0.25, 0.3) is 0 Å². The zero-order valence-electron chi connectivity index (χ0n) is 13.4. The van der Waals surface area contributed by atoms with Crippen molar-refractivity contribution in [2.75, 3.05) is 39.3 Å². The maximum absolute atomic E-state index is 12.3. The van der Waals surface area contributed by atoms with E-state index in [1.165, 1.54) is 38.5 Å². The molecule has 0 aliphatic carbocycles. The van der Waals surface area contributed by atoms with Crippen LogP contribution < -0.4 is 10.6 Å². The predicted octanol–water partition coefficient (Wildman–Crippen LogP) is -0.0586. The van der Waals surface area contributed by atoms with Crippen LogP contribution in [0.1, 0.15) is 38.5 Å². The largest absolute Gasteiger partial charge is 0.341 e. The molecular formula is C16H28N4O2. The van der Waals surface area contributed by atoms with Crippen LogP contribution in [0, 0.1) is 0 Å². The fraction of sp³-hybridized carbons (Fsp3) is 0.875. The number of piperidine rings is 2. The number of likely N-dealkylation sites (tertiary alicyclic amines) is 2. The number of nitrogens with zero attached hydrogens (tertiary/aromatic N) is 2. The van der Waals surface area contributed by atoms with Crippen molar-refractivity contribution >= 4 is 11.8 Å². The lowest BCUT2D eigenvalue weighted by Gasteiger charge is -2.36. The fourth-order valence-corrected chi connectivity index (χ4v) is 3.73. The third-order valence-electron chi connectivity index (χ3n) is 5.04. The highest BCUT2D eigenvalue weighted by atomic mass is 16.2. The minimum Gasteiger partial charge on any atom is -0.341 e. The van der Waals surface area contributed by atoms with Gasteiger partial charge in [0.2, 0.25) is 11.8 Å². The van der Waals surface area contributed by atoms with Gasteiger partial charge in [-0.15, -0.1) is 0 Å². The number of amides is 2. The standard InChI is InChI=1S/C16H28N4O2/c21-15-13(11-19-7-3-1-4-8-19)17-16(22)14(18-15)12-20-9-5-2-6-10-20/h13-14H,1-12H2,(H,17,22)(H,18,21)/t13-,14+. The molecule has 0 aromatic rings. The molecule has 22 heavy (non-hydrogen) atoms. The molecule has 3 aliphatic rings. The van der Waals surface area contributed by atoms with E-state index >= 15 is 0 Å². The van der Waals surface area contributed by atoms with Gasteiger partial charge in [0.1, 0.15) is 12.1 Å². The molecule has 0 aromatic heterocycles. The summed E-state index contributed by atoms with van der Waals surface area (Å²) >= 11 is 0. The molecule has 6 heteroatoms. The van der Waals surface area contributed by atoms with Crippen LogP contribution in [-0.2, 0) is 9.59 Å². The number of piperazine rings is 1. The first-order valence-electron chi connectivity index (χ1n) is 8.78. The molecule has 3 rings (SSSR count). The van der Waals surface area contributed by atoms with Crippen LogP contribution in [0.2, 0.25) is 0 Å². The van der Waals surface area contributed by atoms with E-state index in [0.717, 1.165) is 26.2 Å². The minimum absolute atomic E-state index is 0.0211. The first-order valence-corrected chi connectivity index (χ1v) is 8.78. The van der Waals surface area contributed by atoms with Crippen LogP contribution >= 0.6 is 0 Å². The Morgan fingerprint density at radius 2 is 1.05 bits per heavy atom. The third kappa shape index (κ3) is 3.98. The molecule has 3 aliphatic heterocycles. The number of carbonyl (C=O) groups is 2. The Kier molecular flexibility index (Phi) is 5.31. The maximum Gasteiger partial charge on any atom is 0.244 e. The first-order chi connectivity index (χ1) is 10.7. The molecule has 0 radical (unpaired) electrons. The van der Waals surface area contributed by atoms with Crippen molar-refractivity contribution < 1.29 is 9.59 Å². The Morgan fingerprint density at radius 3 is 1.41 bits per heavy atom. The maximum atomic E-state index is 12.3. The molecule has 3 saturated heterocycles. The van der Waals surface area contributed by atoms with Crippen LogP contribution in [0.15, 0.2) is 0 Å². The second-order valence-electron chi connectivity index (χ2n) is 6.84. The van der Waals surface area contributed by atoms with Crippen molar-refractivity contribution in [2.45, 2.75) is 50.6 Å². The normalized spacial score (nSPS) is 31.6. The highest BCUT2D eigenvalue weighted by molar-refractivity contribution is 5.97. The van der Waals surface area contributed by atoms with Crippen molar-refractivity contribution in [2.24, 2.45) is 0 Å². The molecule has 2 N–H and O–H groups in total. The second kappa shape index (κ2) is 7.42. The summed E-state index contributed by atoms with van der Waals surface area (Å²) in [4.78, 5) is 29.2. The molecule has 2 amide bonds. The average Bonchev–Trinajstić information content (AvgIpc) is 2.54. The van der Waals surface area contributed by atoms with Gasteiger partial charge < -0.3 is 20.4 Å². The van der Waals surface area contributed by atoms with Gasteiger partial charge in [-0.05, 0) is 51.9 Å². The smallest absolute Gasteiger partial charge is 0.244 e. The summed E-state index contributed by atoms with van der Waals surface area (Å²) in [7, 11) is 0. The van der Waals surface area contributed by atoms with E-state index in [9.17, 15) is 9.59 Å². The van der Waals surface area contributed by atoms with Crippen LogP contribution in [0.3, 0.4) is 0 Å². The molecule has 6 nitrogen and oxygen atoms in total. The summed E-state index contributed by atoms with van der Waals surface area (Å²) < 4.78 is 0. The summed E-state index contributed by atoms with van der Waals surface area (Å²) in [6.07, 6.45) is 7.33. The molecule has 2 atom stereocenters. The van der Waals surface area contributed by atoms with Gasteiger partial charge in [0, 0.05) is 13.1 Å². The van der Waals surface area contributed by atoms with Gasteiger partial charge in [0.05, 0.1) is 0 Å². The van der Waals surface area contributed by atoms with Gasteiger partial charge >= 0.3 is 0 Å². The Balaban J connectivity index is 1.49. The van der Waals surface area contributed by atoms with Crippen molar-refractivity contribution in [1.82, 2.24) is 20.4 Å². The lowest BCUT2D eigenvalue weighted by atomic mass is 10.1. The third-order valence-corrected chi connectivity index (χ3v) is 5.04. The topological polar surface area (TPSA) is 64.7 Å². The number of hydrogen-bond donors (Lipinski definition) is 2. The molecule has 0 bridgehead atoms. The number of carbonyl (C=O) groups excluding carboxylic acids is 2. The van der Waals surface area contributed by atoms with Crippen LogP contribution in [-0.4, -0.2) is 73.0 Å². The molecule has 3 heterocycles. The number of hydrogen-bond acceptors (Lipinski definition) is 4. The molecule has 0 unspecified atom stereocenters. The van der Waals surface area contributed by atoms with Crippen LogP contribution in [0.5, 0.6) is 0 Å². The number of rotatable bonds is 4. The molecule has 0 aromatic carbocycles. The van der Waals surface area contributed by atoms with E-state index < -0.39 is 0 Å². The summed E-state index contributed by atoms with van der Waals surface area (Å²) in [5.74, 6) is -0.0423. The molecule has 0 saturated carbocycles. The molecule has 124 valence electrons. The van der Waals surface area contributed by atoms with E-state index in [4.69, 9.17) is 0 Å². The highest BCUT2D eigenvalue weighted by Gasteiger charge is 2.35. The SMILES string of the molecule is O=C1N[C@H](CN2CCCCC2)C(=O)N[C@H]1CN1CCCCC1. The van der Waals surface area contributed by atoms with E-state index in [1.54, 1.807) is 0 Å². The second-order valence-corrected chi connectivity index (χ2v) is 6.84. The van der Waals surface area contributed by atoms with Crippen molar-refractivity contribution in [1.29, 1.82) is 0 Å². The molecular weight excluding hydrogens is 280 g/mol.